The van der Waals surface area contributed by atoms with E-state index >= 15 is 0 Å². The second-order valence-corrected chi connectivity index (χ2v) is 4.89. The number of alkyl carbamates (subject to hydrolysis) is 1. The number of aliphatic hydroxyl groups excluding tert-OH is 1. The molecule has 1 amide bonds. The molecule has 0 aromatic rings. The van der Waals surface area contributed by atoms with Gasteiger partial charge in [0.05, 0.1) is 6.10 Å². The van der Waals surface area contributed by atoms with Gasteiger partial charge in [0.1, 0.15) is 5.60 Å². The Morgan fingerprint density at radius 2 is 2.14 bits per heavy atom. The Hall–Kier alpha value is -0.770. The molecule has 1 aliphatic carbocycles. The van der Waals surface area contributed by atoms with Crippen LogP contribution in [0.2, 0.25) is 0 Å². The van der Waals surface area contributed by atoms with E-state index in [-0.39, 0.29) is 18.1 Å². The van der Waals surface area contributed by atoms with Crippen molar-refractivity contribution in [2.24, 2.45) is 5.92 Å². The molecule has 0 aliphatic heterocycles. The lowest BCUT2D eigenvalue weighted by molar-refractivity contribution is 0.0515. The van der Waals surface area contributed by atoms with Gasteiger partial charge in [-0.1, -0.05) is 0 Å². The highest BCUT2D eigenvalue weighted by molar-refractivity contribution is 5.68. The Bertz CT molecular complexity index is 220. The van der Waals surface area contributed by atoms with E-state index in [4.69, 9.17) is 4.74 Å². The van der Waals surface area contributed by atoms with Gasteiger partial charge in [-0.15, -0.1) is 0 Å². The summed E-state index contributed by atoms with van der Waals surface area (Å²) in [5, 5.41) is 11.9. The van der Waals surface area contributed by atoms with E-state index in [1.165, 1.54) is 0 Å². The molecule has 0 saturated heterocycles. The number of carbonyl (C=O) groups excluding carboxylic acids is 1. The molecule has 0 bridgehead atoms. The Morgan fingerprint density at radius 3 is 2.50 bits per heavy atom. The van der Waals surface area contributed by atoms with Crippen LogP contribution in [0.1, 0.15) is 34.1 Å². The van der Waals surface area contributed by atoms with Crippen LogP contribution in [0.5, 0.6) is 0 Å². The molecule has 0 aromatic carbocycles. The van der Waals surface area contributed by atoms with Gasteiger partial charge in [-0.3, -0.25) is 0 Å². The summed E-state index contributed by atoms with van der Waals surface area (Å²) in [5.74, 6) is 0.197. The second-order valence-electron chi connectivity index (χ2n) is 4.89. The van der Waals surface area contributed by atoms with Gasteiger partial charge < -0.3 is 15.2 Å². The van der Waals surface area contributed by atoms with E-state index in [2.05, 4.69) is 5.32 Å². The molecule has 0 heterocycles. The summed E-state index contributed by atoms with van der Waals surface area (Å²) >= 11 is 0. The van der Waals surface area contributed by atoms with Crippen molar-refractivity contribution in [2.75, 3.05) is 0 Å². The number of ether oxygens (including phenoxy) is 1. The van der Waals surface area contributed by atoms with Crippen LogP contribution in [0.4, 0.5) is 4.79 Å². The van der Waals surface area contributed by atoms with Crippen LogP contribution >= 0.6 is 0 Å². The van der Waals surface area contributed by atoms with E-state index in [0.29, 0.717) is 0 Å². The van der Waals surface area contributed by atoms with Gasteiger partial charge in [-0.2, -0.15) is 0 Å². The fourth-order valence-electron chi connectivity index (χ4n) is 1.37. The summed E-state index contributed by atoms with van der Waals surface area (Å²) in [5.41, 5.74) is -0.459. The van der Waals surface area contributed by atoms with Crippen molar-refractivity contribution >= 4 is 6.09 Å². The zero-order valence-electron chi connectivity index (χ0n) is 9.20. The first-order valence-electron chi connectivity index (χ1n) is 4.97. The smallest absolute Gasteiger partial charge is 0.407 e. The fraction of sp³-hybridized carbons (Fsp3) is 0.900. The molecule has 3 unspecified atom stereocenters. The van der Waals surface area contributed by atoms with Crippen molar-refractivity contribution in [3.8, 4) is 0 Å². The number of hydrogen-bond acceptors (Lipinski definition) is 3. The van der Waals surface area contributed by atoms with Gasteiger partial charge in [0, 0.05) is 12.0 Å². The lowest BCUT2D eigenvalue weighted by atomic mass is 10.2. The molecule has 4 heteroatoms. The average Bonchev–Trinajstić information content (AvgIpc) is 2.61. The average molecular weight is 201 g/mol. The first-order chi connectivity index (χ1) is 6.29. The van der Waals surface area contributed by atoms with E-state index in [9.17, 15) is 9.90 Å². The summed E-state index contributed by atoms with van der Waals surface area (Å²) in [6, 6.07) is 0.0878. The van der Waals surface area contributed by atoms with Crippen LogP contribution in [0.3, 0.4) is 0 Å². The quantitative estimate of drug-likeness (QED) is 0.707. The van der Waals surface area contributed by atoms with Gasteiger partial charge in [-0.05, 0) is 34.1 Å². The molecule has 3 atom stereocenters. The Morgan fingerprint density at radius 1 is 1.57 bits per heavy atom. The fourth-order valence-corrected chi connectivity index (χ4v) is 1.37. The summed E-state index contributed by atoms with van der Waals surface area (Å²) in [6.45, 7) is 7.21. The van der Waals surface area contributed by atoms with E-state index in [1.807, 2.05) is 20.8 Å². The molecular weight excluding hydrogens is 182 g/mol. The van der Waals surface area contributed by atoms with E-state index < -0.39 is 11.7 Å². The molecule has 1 aliphatic rings. The molecule has 4 nitrogen and oxygen atoms in total. The number of carbonyl (C=O) groups is 1. The number of amides is 1. The minimum atomic E-state index is -0.459. The summed E-state index contributed by atoms with van der Waals surface area (Å²) in [4.78, 5) is 11.3. The standard InChI is InChI=1S/C10H19NO3/c1-6(12)7-5-8(7)11-9(13)14-10(2,3)4/h6-8,12H,5H2,1-4H3,(H,11,13). The molecule has 0 aromatic heterocycles. The number of nitrogens with one attached hydrogen (secondary N) is 1. The maximum Gasteiger partial charge on any atom is 0.407 e. The third-order valence-corrected chi connectivity index (χ3v) is 2.16. The van der Waals surface area contributed by atoms with Crippen LogP contribution in [-0.2, 0) is 4.74 Å². The Balaban J connectivity index is 2.24. The molecule has 14 heavy (non-hydrogen) atoms. The predicted octanol–water partition coefficient (Wildman–Crippen LogP) is 1.28. The van der Waals surface area contributed by atoms with Crippen LogP contribution < -0.4 is 5.32 Å². The number of hydrogen-bond donors (Lipinski definition) is 2. The highest BCUT2D eigenvalue weighted by atomic mass is 16.6. The van der Waals surface area contributed by atoms with Crippen molar-refractivity contribution in [3.63, 3.8) is 0 Å². The second kappa shape index (κ2) is 3.77. The third kappa shape index (κ3) is 3.54. The lowest BCUT2D eigenvalue weighted by Crippen LogP contribution is -2.35. The number of aliphatic hydroxyl groups is 1. The molecule has 2 N–H and O–H groups in total. The van der Waals surface area contributed by atoms with Crippen LogP contribution in [0.25, 0.3) is 0 Å². The first-order valence-corrected chi connectivity index (χ1v) is 4.97. The van der Waals surface area contributed by atoms with E-state index in [0.717, 1.165) is 6.42 Å². The third-order valence-electron chi connectivity index (χ3n) is 2.16. The highest BCUT2D eigenvalue weighted by Crippen LogP contribution is 2.33. The van der Waals surface area contributed by atoms with Gasteiger partial charge in [0.2, 0.25) is 0 Å². The SMILES string of the molecule is CC(O)C1CC1NC(=O)OC(C)(C)C. The first kappa shape index (κ1) is 11.3. The van der Waals surface area contributed by atoms with Crippen molar-refractivity contribution in [2.45, 2.75) is 51.9 Å². The molecule has 82 valence electrons. The van der Waals surface area contributed by atoms with Gasteiger partial charge in [0.25, 0.3) is 0 Å². The minimum Gasteiger partial charge on any atom is -0.444 e. The van der Waals surface area contributed by atoms with Crippen molar-refractivity contribution in [1.29, 1.82) is 0 Å². The van der Waals surface area contributed by atoms with Gasteiger partial charge in [-0.25, -0.2) is 4.79 Å². The topological polar surface area (TPSA) is 58.6 Å². The molecule has 0 spiro atoms. The van der Waals surface area contributed by atoms with E-state index in [1.54, 1.807) is 6.92 Å². The maximum atomic E-state index is 11.3. The van der Waals surface area contributed by atoms with Crippen molar-refractivity contribution in [3.05, 3.63) is 0 Å². The Labute approximate surface area is 84.6 Å². The van der Waals surface area contributed by atoms with Gasteiger partial charge >= 0.3 is 6.09 Å². The molecular formula is C10H19NO3. The minimum absolute atomic E-state index is 0.0878. The molecule has 1 fully saturated rings. The number of rotatable bonds is 2. The van der Waals surface area contributed by atoms with Crippen LogP contribution in [0.15, 0.2) is 0 Å². The zero-order chi connectivity index (χ0) is 10.9. The largest absolute Gasteiger partial charge is 0.444 e. The van der Waals surface area contributed by atoms with Gasteiger partial charge in [0.15, 0.2) is 0 Å². The Kier molecular flexibility index (Phi) is 3.04. The molecule has 1 saturated carbocycles. The highest BCUT2D eigenvalue weighted by Gasteiger charge is 2.42. The summed E-state index contributed by atoms with van der Waals surface area (Å²) in [6.07, 6.45) is 0.0947. The maximum absolute atomic E-state index is 11.3. The molecule has 0 radical (unpaired) electrons. The molecule has 1 rings (SSSR count). The summed E-state index contributed by atoms with van der Waals surface area (Å²) in [7, 11) is 0. The van der Waals surface area contributed by atoms with Crippen LogP contribution in [-0.4, -0.2) is 28.9 Å². The van der Waals surface area contributed by atoms with Crippen LogP contribution in [0, 0.1) is 5.92 Å². The monoisotopic (exact) mass is 201 g/mol. The predicted molar refractivity (Wildman–Crippen MR) is 52.9 cm³/mol. The normalized spacial score (nSPS) is 28.1. The summed E-state index contributed by atoms with van der Waals surface area (Å²) < 4.78 is 5.08. The van der Waals surface area contributed by atoms with Crippen molar-refractivity contribution in [1.82, 2.24) is 5.32 Å². The zero-order valence-corrected chi connectivity index (χ0v) is 9.20. The lowest BCUT2D eigenvalue weighted by Gasteiger charge is -2.19. The van der Waals surface area contributed by atoms with Crippen molar-refractivity contribution < 1.29 is 14.6 Å².